The number of hydrogen-bond acceptors (Lipinski definition) is 4. The standard InChI is InChI=1S/C34H42N4OS.Y/c1-7-21-38(4,5)22-20-36(8-2)33-23-26(24-34-35(3)30-16-12-13-17-32(30)40-34)29-19-18-28(39-6)25-31(29)37(33)27-14-10-9-11-15-27;/h9-19,23-25H,7-8,20-22H2,1-6H3;/q+2;. The molecule has 0 fully saturated rings. The van der Waals surface area contributed by atoms with E-state index < -0.39 is 0 Å². The van der Waals surface area contributed by atoms with E-state index in [-0.39, 0.29) is 32.7 Å². The number of likely N-dealkylation sites (N-methyl/N-ethyl adjacent to an activating group) is 2. The van der Waals surface area contributed by atoms with Crippen LogP contribution in [0.4, 0.5) is 11.5 Å². The number of pyridine rings is 1. The molecule has 1 aliphatic rings. The molecule has 1 aliphatic heterocycles. The number of ether oxygens (including phenoxy) is 1. The molecule has 0 unspecified atom stereocenters. The van der Waals surface area contributed by atoms with Crippen LogP contribution in [-0.2, 0) is 32.7 Å². The second kappa shape index (κ2) is 13.7. The summed E-state index contributed by atoms with van der Waals surface area (Å²) in [6.45, 7) is 8.68. The Kier molecular flexibility index (Phi) is 10.6. The van der Waals surface area contributed by atoms with Gasteiger partial charge in [-0.3, -0.25) is 4.90 Å². The molecule has 3 aromatic carbocycles. The number of fused-ring (bicyclic) bond motifs is 2. The third-order valence-corrected chi connectivity index (χ3v) is 9.01. The number of para-hydroxylation sites is 2. The molecule has 0 aliphatic carbocycles. The molecular weight excluding hydrogens is 601 g/mol. The van der Waals surface area contributed by atoms with E-state index >= 15 is 0 Å². The van der Waals surface area contributed by atoms with Crippen LogP contribution in [0.2, 0.25) is 0 Å². The third kappa shape index (κ3) is 6.83. The van der Waals surface area contributed by atoms with Crippen molar-refractivity contribution in [1.29, 1.82) is 0 Å². The predicted molar refractivity (Wildman–Crippen MR) is 171 cm³/mol. The van der Waals surface area contributed by atoms with Crippen molar-refractivity contribution in [2.24, 2.45) is 0 Å². The maximum absolute atomic E-state index is 5.73. The monoisotopic (exact) mass is 643 g/mol. The second-order valence-electron chi connectivity index (χ2n) is 11.1. The third-order valence-electron chi connectivity index (χ3n) is 7.85. The molecule has 5 rings (SSSR count). The first-order valence-corrected chi connectivity index (χ1v) is 15.1. The topological polar surface area (TPSA) is 19.6 Å². The Labute approximate surface area is 275 Å². The van der Waals surface area contributed by atoms with Crippen molar-refractivity contribution in [2.75, 3.05) is 64.2 Å². The minimum Gasteiger partial charge on any atom is -0.497 e. The van der Waals surface area contributed by atoms with Crippen LogP contribution in [0.25, 0.3) is 22.7 Å². The number of thioether (sulfide) groups is 1. The number of hydrogen-bond donors (Lipinski definition) is 0. The molecule has 41 heavy (non-hydrogen) atoms. The van der Waals surface area contributed by atoms with Crippen LogP contribution in [0.1, 0.15) is 25.8 Å². The van der Waals surface area contributed by atoms with E-state index in [4.69, 9.17) is 4.74 Å². The number of methoxy groups -OCH3 is 1. The van der Waals surface area contributed by atoms with Crippen LogP contribution in [0.15, 0.2) is 88.8 Å². The molecule has 211 valence electrons. The quantitative estimate of drug-likeness (QED) is 0.137. The van der Waals surface area contributed by atoms with Gasteiger partial charge in [0.15, 0.2) is 0 Å². The molecule has 5 nitrogen and oxygen atoms in total. The predicted octanol–water partition coefficient (Wildman–Crippen LogP) is 6.98. The maximum Gasteiger partial charge on any atom is 0.283 e. The average molecular weight is 644 g/mol. The Morgan fingerprint density at radius 3 is 2.37 bits per heavy atom. The second-order valence-corrected chi connectivity index (χ2v) is 12.1. The van der Waals surface area contributed by atoms with Crippen molar-refractivity contribution in [1.82, 2.24) is 0 Å². The van der Waals surface area contributed by atoms with Gasteiger partial charge in [0.2, 0.25) is 0 Å². The van der Waals surface area contributed by atoms with Gasteiger partial charge in [0.05, 0.1) is 45.0 Å². The Morgan fingerprint density at radius 1 is 0.951 bits per heavy atom. The molecule has 1 aromatic heterocycles. The smallest absolute Gasteiger partial charge is 0.283 e. The molecule has 0 saturated carbocycles. The molecule has 7 heteroatoms. The summed E-state index contributed by atoms with van der Waals surface area (Å²) < 4.78 is 9.15. The summed E-state index contributed by atoms with van der Waals surface area (Å²) in [5.41, 5.74) is 4.75. The van der Waals surface area contributed by atoms with Crippen molar-refractivity contribution >= 4 is 40.2 Å². The summed E-state index contributed by atoms with van der Waals surface area (Å²) in [5.74, 6) is 2.05. The first-order chi connectivity index (χ1) is 19.3. The van der Waals surface area contributed by atoms with E-state index in [1.165, 1.54) is 45.3 Å². The zero-order valence-electron chi connectivity index (χ0n) is 25.3. The van der Waals surface area contributed by atoms with Gasteiger partial charge in [0, 0.05) is 62.2 Å². The van der Waals surface area contributed by atoms with E-state index in [9.17, 15) is 0 Å². The zero-order chi connectivity index (χ0) is 28.3. The van der Waals surface area contributed by atoms with E-state index in [0.29, 0.717) is 0 Å². The summed E-state index contributed by atoms with van der Waals surface area (Å²) in [4.78, 5) is 6.13. The molecule has 2 heterocycles. The number of benzene rings is 3. The molecule has 0 bridgehead atoms. The van der Waals surface area contributed by atoms with E-state index in [1.807, 2.05) is 11.8 Å². The fourth-order valence-corrected chi connectivity index (χ4v) is 6.70. The fourth-order valence-electron chi connectivity index (χ4n) is 5.60. The molecule has 0 atom stereocenters. The average Bonchev–Trinajstić information content (AvgIpc) is 3.28. The Hall–Kier alpha value is -2.38. The molecule has 0 saturated heterocycles. The van der Waals surface area contributed by atoms with Gasteiger partial charge in [-0.05, 0) is 61.4 Å². The number of rotatable bonds is 10. The normalized spacial score (nSPS) is 13.8. The van der Waals surface area contributed by atoms with Crippen LogP contribution in [0, 0.1) is 0 Å². The maximum atomic E-state index is 5.73. The Balaban J connectivity index is 0.00000387. The van der Waals surface area contributed by atoms with Gasteiger partial charge >= 0.3 is 0 Å². The molecule has 4 aromatic rings. The van der Waals surface area contributed by atoms with Crippen molar-refractivity contribution in [3.8, 4) is 11.4 Å². The summed E-state index contributed by atoms with van der Waals surface area (Å²) in [6, 6.07) is 28.2. The molecule has 0 amide bonds. The Morgan fingerprint density at radius 2 is 1.68 bits per heavy atom. The minimum absolute atomic E-state index is 0. The van der Waals surface area contributed by atoms with Crippen molar-refractivity contribution < 1.29 is 46.5 Å². The number of aromatic nitrogens is 1. The molecular formula is C34H42N4OSY+2. The fraction of sp³-hybridized carbons (Fsp3) is 0.324. The molecule has 0 N–H and O–H groups in total. The first-order valence-electron chi connectivity index (χ1n) is 14.3. The van der Waals surface area contributed by atoms with Gasteiger partial charge in [-0.2, -0.15) is 4.57 Å². The van der Waals surface area contributed by atoms with Crippen LogP contribution in [0.3, 0.4) is 0 Å². The number of anilines is 2. The van der Waals surface area contributed by atoms with Crippen LogP contribution >= 0.6 is 11.8 Å². The summed E-state index contributed by atoms with van der Waals surface area (Å²) in [7, 11) is 8.59. The van der Waals surface area contributed by atoms with Crippen molar-refractivity contribution in [3.63, 3.8) is 0 Å². The van der Waals surface area contributed by atoms with Crippen molar-refractivity contribution in [3.05, 3.63) is 89.5 Å². The van der Waals surface area contributed by atoms with Gasteiger partial charge in [0.25, 0.3) is 5.82 Å². The van der Waals surface area contributed by atoms with E-state index in [0.717, 1.165) is 41.1 Å². The van der Waals surface area contributed by atoms with E-state index in [1.54, 1.807) is 7.11 Å². The van der Waals surface area contributed by atoms with Gasteiger partial charge in [-0.25, -0.2) is 0 Å². The number of nitrogens with zero attached hydrogens (tertiary/aromatic N) is 4. The molecule has 0 spiro atoms. The van der Waals surface area contributed by atoms with Crippen LogP contribution in [0.5, 0.6) is 5.75 Å². The van der Waals surface area contributed by atoms with Gasteiger partial charge < -0.3 is 14.1 Å². The largest absolute Gasteiger partial charge is 0.497 e. The summed E-state index contributed by atoms with van der Waals surface area (Å²) in [5, 5.41) is 2.43. The zero-order valence-corrected chi connectivity index (χ0v) is 29.0. The summed E-state index contributed by atoms with van der Waals surface area (Å²) >= 11 is 1.83. The minimum atomic E-state index is 0. The van der Waals surface area contributed by atoms with Crippen LogP contribution in [-0.4, -0.2) is 58.9 Å². The van der Waals surface area contributed by atoms with Gasteiger partial charge in [-0.1, -0.05) is 49.0 Å². The van der Waals surface area contributed by atoms with Gasteiger partial charge in [-0.15, -0.1) is 0 Å². The summed E-state index contributed by atoms with van der Waals surface area (Å²) in [6.07, 6.45) is 3.54. The first kappa shape index (κ1) is 31.6. The Bertz CT molecular complexity index is 1520. The van der Waals surface area contributed by atoms with E-state index in [2.05, 4.69) is 134 Å². The number of quaternary nitrogens is 1. The van der Waals surface area contributed by atoms with Crippen LogP contribution < -0.4 is 19.1 Å². The van der Waals surface area contributed by atoms with Gasteiger partial charge in [0.1, 0.15) is 30.0 Å². The van der Waals surface area contributed by atoms with Crippen molar-refractivity contribution in [2.45, 2.75) is 25.2 Å². The SMILES string of the molecule is CCC[N+](C)(C)CCN(CC)c1cc(C=C2Sc3ccccc3N2C)c2ccc(OC)cc2[n+]1-c1ccccc1.[Y]. The molecule has 1 radical (unpaired) electrons.